The van der Waals surface area contributed by atoms with Gasteiger partial charge in [-0.2, -0.15) is 0 Å². The van der Waals surface area contributed by atoms with Crippen molar-refractivity contribution in [2.24, 2.45) is 0 Å². The van der Waals surface area contributed by atoms with Crippen LogP contribution in [0.4, 0.5) is 21.5 Å². The van der Waals surface area contributed by atoms with Crippen molar-refractivity contribution >= 4 is 22.7 Å². The number of anilines is 3. The van der Waals surface area contributed by atoms with Gasteiger partial charge in [0.25, 0.3) is 0 Å². The van der Waals surface area contributed by atoms with Gasteiger partial charge in [0.2, 0.25) is 5.56 Å². The lowest BCUT2D eigenvalue weighted by molar-refractivity contribution is 0.209. The number of pyridine rings is 2. The molecule has 3 aromatic heterocycles. The molecular formula is C25H27FN6O. The molecule has 2 N–H and O–H groups in total. The Bertz CT molecular complexity index is 1340. The zero-order valence-corrected chi connectivity index (χ0v) is 18.8. The van der Waals surface area contributed by atoms with E-state index < -0.39 is 0 Å². The third-order valence-corrected chi connectivity index (χ3v) is 6.23. The first-order chi connectivity index (χ1) is 16.0. The highest BCUT2D eigenvalue weighted by Gasteiger charge is 2.21. The second kappa shape index (κ2) is 8.71. The summed E-state index contributed by atoms with van der Waals surface area (Å²) in [5.74, 6) is -0.238. The molecule has 0 saturated carbocycles. The van der Waals surface area contributed by atoms with Crippen molar-refractivity contribution in [3.63, 3.8) is 0 Å². The van der Waals surface area contributed by atoms with Crippen molar-refractivity contribution < 1.29 is 4.39 Å². The SMILES string of the molecule is CC(C)N1CCN(c2ccc(Nc3ccc(-c4cc[nH]c(=O)c4)n4ccnc34)cc2F)CC1. The normalized spacial score (nSPS) is 14.8. The summed E-state index contributed by atoms with van der Waals surface area (Å²) in [5, 5.41) is 3.30. The fourth-order valence-corrected chi connectivity index (χ4v) is 4.43. The lowest BCUT2D eigenvalue weighted by Gasteiger charge is -2.38. The summed E-state index contributed by atoms with van der Waals surface area (Å²) in [6.45, 7) is 7.91. The number of imidazole rings is 1. The minimum atomic E-state index is -0.238. The molecule has 5 rings (SSSR count). The van der Waals surface area contributed by atoms with Crippen LogP contribution < -0.4 is 15.8 Å². The van der Waals surface area contributed by atoms with Gasteiger partial charge < -0.3 is 15.2 Å². The molecule has 170 valence electrons. The summed E-state index contributed by atoms with van der Waals surface area (Å²) in [4.78, 5) is 23.4. The second-order valence-electron chi connectivity index (χ2n) is 8.60. The number of nitrogens with zero attached hydrogens (tertiary/aromatic N) is 4. The molecule has 0 unspecified atom stereocenters. The van der Waals surface area contributed by atoms with Crippen LogP contribution in [0.2, 0.25) is 0 Å². The molecule has 1 aliphatic rings. The van der Waals surface area contributed by atoms with E-state index in [4.69, 9.17) is 0 Å². The number of nitrogens with one attached hydrogen (secondary N) is 2. The van der Waals surface area contributed by atoms with Gasteiger partial charge >= 0.3 is 0 Å². The second-order valence-corrected chi connectivity index (χ2v) is 8.60. The molecule has 8 heteroatoms. The number of H-pyrrole nitrogens is 1. The van der Waals surface area contributed by atoms with E-state index in [2.05, 4.69) is 38.9 Å². The first-order valence-electron chi connectivity index (χ1n) is 11.2. The molecule has 0 amide bonds. The van der Waals surface area contributed by atoms with Crippen LogP contribution in [0.25, 0.3) is 16.9 Å². The summed E-state index contributed by atoms with van der Waals surface area (Å²) in [7, 11) is 0. The van der Waals surface area contributed by atoms with E-state index in [0.29, 0.717) is 23.1 Å². The van der Waals surface area contributed by atoms with Crippen molar-refractivity contribution in [2.45, 2.75) is 19.9 Å². The van der Waals surface area contributed by atoms with Gasteiger partial charge in [-0.3, -0.25) is 14.1 Å². The lowest BCUT2D eigenvalue weighted by atomic mass is 10.1. The largest absolute Gasteiger partial charge is 0.367 e. The molecule has 0 spiro atoms. The summed E-state index contributed by atoms with van der Waals surface area (Å²) in [6, 6.07) is 13.0. The highest BCUT2D eigenvalue weighted by atomic mass is 19.1. The van der Waals surface area contributed by atoms with Crippen molar-refractivity contribution in [3.8, 4) is 11.3 Å². The number of aromatic nitrogens is 3. The number of halogens is 1. The Morgan fingerprint density at radius 2 is 1.88 bits per heavy atom. The lowest BCUT2D eigenvalue weighted by Crippen LogP contribution is -2.49. The highest BCUT2D eigenvalue weighted by Crippen LogP contribution is 2.29. The molecule has 1 aliphatic heterocycles. The van der Waals surface area contributed by atoms with E-state index in [0.717, 1.165) is 43.1 Å². The third kappa shape index (κ3) is 4.21. The van der Waals surface area contributed by atoms with Crippen molar-refractivity contribution in [1.29, 1.82) is 0 Å². The van der Waals surface area contributed by atoms with Crippen LogP contribution >= 0.6 is 0 Å². The van der Waals surface area contributed by atoms with Crippen LogP contribution in [0.5, 0.6) is 0 Å². The van der Waals surface area contributed by atoms with E-state index in [-0.39, 0.29) is 11.4 Å². The maximum atomic E-state index is 15.0. The Hall–Kier alpha value is -3.65. The quantitative estimate of drug-likeness (QED) is 0.483. The molecule has 0 radical (unpaired) electrons. The summed E-state index contributed by atoms with van der Waals surface area (Å²) < 4.78 is 16.9. The number of hydrogen-bond donors (Lipinski definition) is 2. The molecular weight excluding hydrogens is 419 g/mol. The molecule has 4 aromatic rings. The Labute approximate surface area is 191 Å². The average Bonchev–Trinajstić information content (AvgIpc) is 3.30. The Morgan fingerprint density at radius 3 is 2.61 bits per heavy atom. The first-order valence-corrected chi connectivity index (χ1v) is 11.2. The van der Waals surface area contributed by atoms with Crippen LogP contribution in [0.15, 0.2) is 65.8 Å². The summed E-state index contributed by atoms with van der Waals surface area (Å²) >= 11 is 0. The smallest absolute Gasteiger partial charge is 0.248 e. The van der Waals surface area contributed by atoms with Gasteiger partial charge in [-0.05, 0) is 50.2 Å². The first kappa shape index (κ1) is 21.2. The van der Waals surface area contributed by atoms with Gasteiger partial charge in [-0.15, -0.1) is 0 Å². The Balaban J connectivity index is 1.38. The standard InChI is InChI=1S/C25H27FN6O/c1-17(2)30-11-13-31(14-12-30)23-5-3-19(16-20(23)26)29-21-4-6-22(32-10-9-28-25(21)32)18-7-8-27-24(33)15-18/h3-10,15-17,29H,11-14H2,1-2H3,(H,27,33). The highest BCUT2D eigenvalue weighted by molar-refractivity contribution is 5.78. The topological polar surface area (TPSA) is 68.7 Å². The fourth-order valence-electron chi connectivity index (χ4n) is 4.43. The Morgan fingerprint density at radius 1 is 1.06 bits per heavy atom. The maximum absolute atomic E-state index is 15.0. The Kier molecular flexibility index (Phi) is 5.60. The number of aromatic amines is 1. The number of rotatable bonds is 5. The molecule has 0 bridgehead atoms. The predicted octanol–water partition coefficient (Wildman–Crippen LogP) is 4.10. The van der Waals surface area contributed by atoms with Crippen LogP contribution in [0, 0.1) is 5.82 Å². The minimum absolute atomic E-state index is 0.163. The molecule has 1 saturated heterocycles. The average molecular weight is 447 g/mol. The van der Waals surface area contributed by atoms with E-state index in [9.17, 15) is 4.79 Å². The van der Waals surface area contributed by atoms with Crippen molar-refractivity contribution in [3.05, 3.63) is 77.2 Å². The van der Waals surface area contributed by atoms with E-state index in [1.807, 2.05) is 40.9 Å². The van der Waals surface area contributed by atoms with Gasteiger partial charge in [0.1, 0.15) is 5.82 Å². The summed E-state index contributed by atoms with van der Waals surface area (Å²) in [6.07, 6.45) is 5.18. The molecule has 1 aromatic carbocycles. The van der Waals surface area contributed by atoms with Crippen LogP contribution in [0.3, 0.4) is 0 Å². The number of piperazine rings is 1. The maximum Gasteiger partial charge on any atom is 0.248 e. The zero-order chi connectivity index (χ0) is 22.9. The van der Waals surface area contributed by atoms with Gasteiger partial charge in [0.05, 0.1) is 17.1 Å². The zero-order valence-electron chi connectivity index (χ0n) is 18.8. The fraction of sp³-hybridized carbons (Fsp3) is 0.280. The minimum Gasteiger partial charge on any atom is -0.367 e. The van der Waals surface area contributed by atoms with Crippen molar-refractivity contribution in [2.75, 3.05) is 36.4 Å². The van der Waals surface area contributed by atoms with Gasteiger partial charge in [-0.25, -0.2) is 9.37 Å². The van der Waals surface area contributed by atoms with E-state index >= 15 is 4.39 Å². The molecule has 1 fully saturated rings. The van der Waals surface area contributed by atoms with Gasteiger partial charge in [0.15, 0.2) is 5.65 Å². The summed E-state index contributed by atoms with van der Waals surface area (Å²) in [5.41, 5.74) is 4.23. The monoisotopic (exact) mass is 446 g/mol. The van der Waals surface area contributed by atoms with Gasteiger partial charge in [-0.1, -0.05) is 0 Å². The number of benzene rings is 1. The third-order valence-electron chi connectivity index (χ3n) is 6.23. The van der Waals surface area contributed by atoms with Crippen LogP contribution in [0.1, 0.15) is 13.8 Å². The van der Waals surface area contributed by atoms with Gasteiger partial charge in [0, 0.05) is 68.1 Å². The van der Waals surface area contributed by atoms with Crippen molar-refractivity contribution in [1.82, 2.24) is 19.3 Å². The van der Waals surface area contributed by atoms with E-state index in [1.54, 1.807) is 18.5 Å². The van der Waals surface area contributed by atoms with E-state index in [1.165, 1.54) is 6.07 Å². The number of hydrogen-bond acceptors (Lipinski definition) is 5. The molecule has 0 aliphatic carbocycles. The molecule has 0 atom stereocenters. The van der Waals surface area contributed by atoms with Crippen LogP contribution in [-0.4, -0.2) is 51.5 Å². The molecule has 33 heavy (non-hydrogen) atoms. The number of fused-ring (bicyclic) bond motifs is 1. The molecule has 4 heterocycles. The predicted molar refractivity (Wildman–Crippen MR) is 130 cm³/mol. The van der Waals surface area contributed by atoms with Crippen LogP contribution in [-0.2, 0) is 0 Å². The molecule has 7 nitrogen and oxygen atoms in total.